The molecule has 0 unspecified atom stereocenters. The molecule has 0 atom stereocenters. The molecule has 0 spiro atoms. The zero-order valence-electron chi connectivity index (χ0n) is 15.4. The molecule has 0 aliphatic carbocycles. The minimum absolute atomic E-state index is 0. The Morgan fingerprint density at radius 3 is 1.96 bits per heavy atom. The Labute approximate surface area is 179 Å². The van der Waals surface area contributed by atoms with Crippen LogP contribution in [0.3, 0.4) is 0 Å². The Balaban J connectivity index is 0.00000140. The summed E-state index contributed by atoms with van der Waals surface area (Å²) in [7, 11) is 0. The average molecular weight is 542 g/mol. The van der Waals surface area contributed by atoms with Gasteiger partial charge in [0.2, 0.25) is 0 Å². The van der Waals surface area contributed by atoms with Crippen molar-refractivity contribution in [2.45, 2.75) is 0 Å². The second-order valence-electron chi connectivity index (χ2n) is 5.98. The molecule has 28 heavy (non-hydrogen) atoms. The average Bonchev–Trinajstić information content (AvgIpc) is 2.75. The maximum Gasteiger partial charge on any atom is 0.194 e. The van der Waals surface area contributed by atoms with Gasteiger partial charge in [-0.25, -0.2) is 0 Å². The van der Waals surface area contributed by atoms with Gasteiger partial charge < -0.3 is 12.4 Å². The van der Waals surface area contributed by atoms with Crippen LogP contribution in [0.1, 0.15) is 15.9 Å². The van der Waals surface area contributed by atoms with E-state index in [-0.39, 0.29) is 33.3 Å². The van der Waals surface area contributed by atoms with Crippen LogP contribution >= 0.6 is 0 Å². The van der Waals surface area contributed by atoms with E-state index >= 15 is 0 Å². The van der Waals surface area contributed by atoms with Gasteiger partial charge in [-0.3, -0.25) is 4.79 Å². The molecule has 0 aliphatic rings. The van der Waals surface area contributed by atoms with Gasteiger partial charge in [-0.15, -0.1) is 35.9 Å². The van der Waals surface area contributed by atoms with Gasteiger partial charge in [-0.05, 0) is 16.8 Å². The molecule has 0 saturated heterocycles. The number of carbonyl (C=O) groups is 1. The van der Waals surface area contributed by atoms with Gasteiger partial charge in [-0.1, -0.05) is 66.7 Å². The Hall–Kier alpha value is -2.87. The fourth-order valence-corrected chi connectivity index (χ4v) is 2.85. The van der Waals surface area contributed by atoms with Crippen LogP contribution in [0.25, 0.3) is 22.4 Å². The number of aromatic nitrogens is 1. The van der Waals surface area contributed by atoms with Crippen LogP contribution in [-0.4, -0.2) is 10.8 Å². The van der Waals surface area contributed by atoms with Gasteiger partial charge in [0.25, 0.3) is 0 Å². The summed E-state index contributed by atoms with van der Waals surface area (Å²) in [5.41, 5.74) is 5.19. The van der Waals surface area contributed by atoms with Crippen molar-refractivity contribution in [3.63, 3.8) is 0 Å². The normalized spacial score (nSPS) is 9.71. The van der Waals surface area contributed by atoms with Gasteiger partial charge in [0.05, 0.1) is 0 Å². The van der Waals surface area contributed by atoms with Crippen LogP contribution in [-0.2, 0) is 20.1 Å². The molecule has 2 nitrogen and oxygen atoms in total. The van der Waals surface area contributed by atoms with E-state index in [4.69, 9.17) is 0 Å². The van der Waals surface area contributed by atoms with Gasteiger partial charge in [-0.2, -0.15) is 0 Å². The van der Waals surface area contributed by atoms with Crippen LogP contribution in [0.2, 0.25) is 0 Å². The quantitative estimate of drug-likeness (QED) is 0.238. The summed E-state index contributed by atoms with van der Waals surface area (Å²) in [4.78, 5) is 17.1. The summed E-state index contributed by atoms with van der Waals surface area (Å²) >= 11 is 0. The van der Waals surface area contributed by atoms with E-state index in [0.29, 0.717) is 11.1 Å². The molecule has 4 aromatic rings. The van der Waals surface area contributed by atoms with Gasteiger partial charge in [0, 0.05) is 37.4 Å². The molecule has 0 fully saturated rings. The van der Waals surface area contributed by atoms with Crippen LogP contribution < -0.4 is 0 Å². The number of hydrogen-bond acceptors (Lipinski definition) is 2. The maximum atomic E-state index is 12.7. The van der Waals surface area contributed by atoms with Crippen molar-refractivity contribution < 1.29 is 24.9 Å². The first kappa shape index (κ1) is 21.4. The van der Waals surface area contributed by atoms with E-state index in [1.165, 1.54) is 0 Å². The van der Waals surface area contributed by atoms with E-state index in [1.807, 2.05) is 78.9 Å². The van der Waals surface area contributed by atoms with Crippen molar-refractivity contribution >= 4 is 5.78 Å². The minimum Gasteiger partial charge on any atom is -0.358 e. The molecule has 1 radical (unpaired) electrons. The first-order valence-corrected chi connectivity index (χ1v) is 8.44. The SMILES string of the molecule is O=C(c1ccc(-c2ccccc2)cc1)c1ccc(-c2[c-]cccc2)nc1.[CH3-].[Ir]. The Bertz CT molecular complexity index is 927. The van der Waals surface area contributed by atoms with Gasteiger partial charge >= 0.3 is 0 Å². The molecule has 1 heterocycles. The van der Waals surface area contributed by atoms with Crippen LogP contribution in [0.4, 0.5) is 0 Å². The third kappa shape index (κ3) is 4.69. The largest absolute Gasteiger partial charge is 0.358 e. The topological polar surface area (TPSA) is 30.0 Å². The second-order valence-corrected chi connectivity index (χ2v) is 5.98. The molecule has 0 bridgehead atoms. The summed E-state index contributed by atoms with van der Waals surface area (Å²) < 4.78 is 0. The van der Waals surface area contributed by atoms with Crippen LogP contribution in [0.5, 0.6) is 0 Å². The Morgan fingerprint density at radius 2 is 1.36 bits per heavy atom. The standard InChI is InChI=1S/C24H16NO.CH3.Ir/c26-24(21-13-11-19(12-14-21)18-7-3-1-4-8-18)22-15-16-23(25-17-22)20-9-5-2-6-10-20;;/h1-9,11-17H;1H3;/q2*-1;. The molecular weight excluding hydrogens is 522 g/mol. The van der Waals surface area contributed by atoms with E-state index in [1.54, 1.807) is 6.20 Å². The summed E-state index contributed by atoms with van der Waals surface area (Å²) in [5, 5.41) is 0. The predicted octanol–water partition coefficient (Wildman–Crippen LogP) is 5.89. The minimum atomic E-state index is -0.0271. The molecule has 0 amide bonds. The molecule has 3 aromatic carbocycles. The van der Waals surface area contributed by atoms with E-state index in [2.05, 4.69) is 23.2 Å². The van der Waals surface area contributed by atoms with Crippen molar-refractivity contribution in [2.24, 2.45) is 0 Å². The van der Waals surface area contributed by atoms with Crippen molar-refractivity contribution in [3.8, 4) is 22.4 Å². The molecule has 0 N–H and O–H groups in total. The van der Waals surface area contributed by atoms with Gasteiger partial charge in [0.15, 0.2) is 5.78 Å². The summed E-state index contributed by atoms with van der Waals surface area (Å²) in [6, 6.07) is 32.3. The molecular formula is C25H19IrNO-2. The third-order valence-corrected chi connectivity index (χ3v) is 4.26. The smallest absolute Gasteiger partial charge is 0.194 e. The van der Waals surface area contributed by atoms with Crippen molar-refractivity contribution in [1.82, 2.24) is 4.98 Å². The summed E-state index contributed by atoms with van der Waals surface area (Å²) in [6.07, 6.45) is 1.63. The first-order valence-electron chi connectivity index (χ1n) is 8.44. The van der Waals surface area contributed by atoms with Gasteiger partial charge in [0.1, 0.15) is 0 Å². The van der Waals surface area contributed by atoms with Crippen molar-refractivity contribution in [1.29, 1.82) is 0 Å². The number of benzene rings is 3. The fraction of sp³-hybridized carbons (Fsp3) is 0. The summed E-state index contributed by atoms with van der Waals surface area (Å²) in [5.74, 6) is -0.0271. The number of ketones is 1. The molecule has 0 aliphatic heterocycles. The molecule has 0 saturated carbocycles. The second kappa shape index (κ2) is 9.89. The molecule has 4 rings (SSSR count). The van der Waals surface area contributed by atoms with Crippen LogP contribution in [0.15, 0.2) is 97.2 Å². The zero-order chi connectivity index (χ0) is 17.8. The van der Waals surface area contributed by atoms with E-state index in [0.717, 1.165) is 22.4 Å². The maximum absolute atomic E-state index is 12.7. The van der Waals surface area contributed by atoms with Crippen molar-refractivity contribution in [3.05, 3.63) is 122 Å². The Morgan fingerprint density at radius 1 is 0.714 bits per heavy atom. The molecule has 141 valence electrons. The summed E-state index contributed by atoms with van der Waals surface area (Å²) in [6.45, 7) is 0. The van der Waals surface area contributed by atoms with Crippen LogP contribution in [0, 0.1) is 13.5 Å². The fourth-order valence-electron chi connectivity index (χ4n) is 2.85. The Kier molecular flexibility index (Phi) is 7.57. The zero-order valence-corrected chi connectivity index (χ0v) is 17.8. The number of hydrogen-bond donors (Lipinski definition) is 0. The van der Waals surface area contributed by atoms with E-state index < -0.39 is 0 Å². The third-order valence-electron chi connectivity index (χ3n) is 4.26. The number of rotatable bonds is 4. The van der Waals surface area contributed by atoms with E-state index in [9.17, 15) is 4.79 Å². The predicted molar refractivity (Wildman–Crippen MR) is 110 cm³/mol. The number of nitrogens with zero attached hydrogens (tertiary/aromatic N) is 1. The molecule has 1 aromatic heterocycles. The number of carbonyl (C=O) groups excluding carboxylic acids is 1. The monoisotopic (exact) mass is 542 g/mol. The molecule has 3 heteroatoms. The van der Waals surface area contributed by atoms with Crippen molar-refractivity contribution in [2.75, 3.05) is 0 Å². The first-order chi connectivity index (χ1) is 12.8. The number of pyridine rings is 1.